The predicted molar refractivity (Wildman–Crippen MR) is 125 cm³/mol. The number of rotatable bonds is 7. The van der Waals surface area contributed by atoms with Gasteiger partial charge in [-0.2, -0.15) is 0 Å². The highest BCUT2D eigenvalue weighted by Crippen LogP contribution is 2.32. The summed E-state index contributed by atoms with van der Waals surface area (Å²) >= 11 is 0.737. The molecule has 34 heavy (non-hydrogen) atoms. The Morgan fingerprint density at radius 3 is 2.41 bits per heavy atom. The van der Waals surface area contributed by atoms with E-state index in [4.69, 9.17) is 4.74 Å². The largest absolute Gasteiger partial charge is 0.489 e. The van der Waals surface area contributed by atoms with Gasteiger partial charge in [0.15, 0.2) is 0 Å². The molecule has 172 valence electrons. The Labute approximate surface area is 198 Å². The van der Waals surface area contributed by atoms with E-state index in [1.807, 2.05) is 0 Å². The molecular weight excluding hydrogens is 462 g/mol. The quantitative estimate of drug-likeness (QED) is 0.470. The van der Waals surface area contributed by atoms with Crippen molar-refractivity contribution >= 4 is 40.6 Å². The molecule has 1 aliphatic rings. The van der Waals surface area contributed by atoms with Crippen LogP contribution in [0.3, 0.4) is 0 Å². The summed E-state index contributed by atoms with van der Waals surface area (Å²) in [6, 6.07) is 18.2. The van der Waals surface area contributed by atoms with E-state index >= 15 is 0 Å². The molecule has 9 heteroatoms. The molecule has 6 nitrogen and oxygen atoms in total. The highest BCUT2D eigenvalue weighted by molar-refractivity contribution is 8.18. The molecule has 3 amide bonds. The Kier molecular flexibility index (Phi) is 7.03. The fourth-order valence-corrected chi connectivity index (χ4v) is 3.94. The standard InChI is InChI=1S/C25H18F2N2O4S/c26-18-8-4-17(5-9-18)15-33-21-10-6-16(7-11-21)12-22-24(31)29(25(32)34-22)14-23(30)28-20-3-1-2-19(27)13-20/h1-13H,14-15H2,(H,28,30)/b22-12+. The number of halogens is 2. The summed E-state index contributed by atoms with van der Waals surface area (Å²) in [5.74, 6) is -1.44. The fraction of sp³-hybridized carbons (Fsp3) is 0.0800. The van der Waals surface area contributed by atoms with Crippen LogP contribution in [0.25, 0.3) is 6.08 Å². The first-order valence-electron chi connectivity index (χ1n) is 10.2. The van der Waals surface area contributed by atoms with Crippen LogP contribution in [-0.2, 0) is 16.2 Å². The smallest absolute Gasteiger partial charge is 0.294 e. The highest BCUT2D eigenvalue weighted by Gasteiger charge is 2.36. The molecule has 0 aromatic heterocycles. The van der Waals surface area contributed by atoms with Gasteiger partial charge in [-0.1, -0.05) is 30.3 Å². The number of carbonyl (C=O) groups excluding carboxylic acids is 3. The molecule has 3 aromatic carbocycles. The first-order valence-corrected chi connectivity index (χ1v) is 11.0. The minimum Gasteiger partial charge on any atom is -0.489 e. The summed E-state index contributed by atoms with van der Waals surface area (Å²) in [5.41, 5.74) is 1.72. The summed E-state index contributed by atoms with van der Waals surface area (Å²) in [7, 11) is 0. The number of amides is 3. The number of carbonyl (C=O) groups is 3. The molecule has 1 aliphatic heterocycles. The van der Waals surface area contributed by atoms with Gasteiger partial charge in [0.05, 0.1) is 4.91 Å². The number of nitrogens with zero attached hydrogens (tertiary/aromatic N) is 1. The van der Waals surface area contributed by atoms with Gasteiger partial charge in [-0.3, -0.25) is 19.3 Å². The third-order valence-corrected chi connectivity index (χ3v) is 5.69. The second-order valence-electron chi connectivity index (χ2n) is 7.31. The number of anilines is 1. The molecule has 0 aliphatic carbocycles. The molecule has 0 spiro atoms. The zero-order chi connectivity index (χ0) is 24.1. The molecule has 0 saturated carbocycles. The second-order valence-corrected chi connectivity index (χ2v) is 8.30. The minimum absolute atomic E-state index is 0.184. The van der Waals surface area contributed by atoms with Crippen molar-refractivity contribution in [2.45, 2.75) is 6.61 Å². The van der Waals surface area contributed by atoms with Gasteiger partial charge in [0.25, 0.3) is 11.1 Å². The normalized spacial score (nSPS) is 14.5. The predicted octanol–water partition coefficient (Wildman–Crippen LogP) is 5.22. The first-order chi connectivity index (χ1) is 16.4. The van der Waals surface area contributed by atoms with Crippen molar-refractivity contribution < 1.29 is 27.9 Å². The van der Waals surface area contributed by atoms with Crippen molar-refractivity contribution in [1.82, 2.24) is 4.90 Å². The van der Waals surface area contributed by atoms with Gasteiger partial charge >= 0.3 is 0 Å². The number of thioether (sulfide) groups is 1. The zero-order valence-electron chi connectivity index (χ0n) is 17.7. The molecule has 1 saturated heterocycles. The van der Waals surface area contributed by atoms with E-state index in [1.54, 1.807) is 42.5 Å². The third-order valence-electron chi connectivity index (χ3n) is 4.78. The molecule has 4 rings (SSSR count). The van der Waals surface area contributed by atoms with Crippen molar-refractivity contribution in [3.8, 4) is 5.75 Å². The maximum atomic E-state index is 13.3. The van der Waals surface area contributed by atoms with Crippen molar-refractivity contribution in [2.24, 2.45) is 0 Å². The third kappa shape index (κ3) is 5.87. The maximum Gasteiger partial charge on any atom is 0.294 e. The number of nitrogens with one attached hydrogen (secondary N) is 1. The Balaban J connectivity index is 1.35. The zero-order valence-corrected chi connectivity index (χ0v) is 18.5. The fourth-order valence-electron chi connectivity index (χ4n) is 3.11. The van der Waals surface area contributed by atoms with Crippen LogP contribution < -0.4 is 10.1 Å². The van der Waals surface area contributed by atoms with Crippen LogP contribution in [0.1, 0.15) is 11.1 Å². The van der Waals surface area contributed by atoms with Crippen molar-refractivity contribution in [2.75, 3.05) is 11.9 Å². The lowest BCUT2D eigenvalue weighted by Crippen LogP contribution is -2.36. The molecule has 0 atom stereocenters. The Hall–Kier alpha value is -3.98. The molecule has 1 N–H and O–H groups in total. The van der Waals surface area contributed by atoms with Gasteiger partial charge in [0, 0.05) is 5.69 Å². The maximum absolute atomic E-state index is 13.3. The number of hydrogen-bond donors (Lipinski definition) is 1. The van der Waals surface area contributed by atoms with Gasteiger partial charge < -0.3 is 10.1 Å². The van der Waals surface area contributed by atoms with Crippen LogP contribution in [0.2, 0.25) is 0 Å². The van der Waals surface area contributed by atoms with Crippen molar-refractivity contribution in [3.05, 3.63) is 100 Å². The molecular formula is C25H18F2N2O4S. The van der Waals surface area contributed by atoms with Gasteiger partial charge in [-0.25, -0.2) is 8.78 Å². The average molecular weight is 480 g/mol. The topological polar surface area (TPSA) is 75.7 Å². The Morgan fingerprint density at radius 1 is 0.971 bits per heavy atom. The van der Waals surface area contributed by atoms with E-state index in [0.717, 1.165) is 28.3 Å². The van der Waals surface area contributed by atoms with Crippen LogP contribution in [-0.4, -0.2) is 28.5 Å². The number of benzene rings is 3. The monoisotopic (exact) mass is 480 g/mol. The Morgan fingerprint density at radius 2 is 1.71 bits per heavy atom. The lowest BCUT2D eigenvalue weighted by Gasteiger charge is -2.12. The van der Waals surface area contributed by atoms with Crippen molar-refractivity contribution in [1.29, 1.82) is 0 Å². The molecule has 3 aromatic rings. The number of hydrogen-bond acceptors (Lipinski definition) is 5. The van der Waals surface area contributed by atoms with Crippen LogP contribution >= 0.6 is 11.8 Å². The van der Waals surface area contributed by atoms with Crippen LogP contribution in [0.4, 0.5) is 19.3 Å². The van der Waals surface area contributed by atoms with Gasteiger partial charge in [0.1, 0.15) is 30.5 Å². The summed E-state index contributed by atoms with van der Waals surface area (Å²) in [4.78, 5) is 38.1. The molecule has 0 bridgehead atoms. The van der Waals surface area contributed by atoms with E-state index in [0.29, 0.717) is 11.3 Å². The highest BCUT2D eigenvalue weighted by atomic mass is 32.2. The number of imide groups is 1. The number of ether oxygens (including phenoxy) is 1. The van der Waals surface area contributed by atoms with Crippen molar-refractivity contribution in [3.63, 3.8) is 0 Å². The molecule has 1 heterocycles. The molecule has 1 fully saturated rings. The van der Waals surface area contributed by atoms with Gasteiger partial charge in [0.2, 0.25) is 5.91 Å². The molecule has 0 radical (unpaired) electrons. The average Bonchev–Trinajstić information content (AvgIpc) is 3.07. The van der Waals surface area contributed by atoms with E-state index < -0.39 is 29.4 Å². The van der Waals surface area contributed by atoms with Crippen LogP contribution in [0, 0.1) is 11.6 Å². The summed E-state index contributed by atoms with van der Waals surface area (Å²) in [5, 5.41) is 1.90. The SMILES string of the molecule is O=C(CN1C(=O)S/C(=C/c2ccc(OCc3ccc(F)cc3)cc2)C1=O)Nc1cccc(F)c1. The summed E-state index contributed by atoms with van der Waals surface area (Å²) in [6.45, 7) is -0.203. The first kappa shape index (κ1) is 23.2. The van der Waals surface area contributed by atoms with E-state index in [1.165, 1.54) is 30.3 Å². The van der Waals surface area contributed by atoms with Crippen LogP contribution in [0.15, 0.2) is 77.7 Å². The van der Waals surface area contributed by atoms with Gasteiger partial charge in [-0.05, 0) is 71.4 Å². The Bertz CT molecular complexity index is 1260. The lowest BCUT2D eigenvalue weighted by molar-refractivity contribution is -0.127. The van der Waals surface area contributed by atoms with E-state index in [-0.39, 0.29) is 23.0 Å². The van der Waals surface area contributed by atoms with E-state index in [2.05, 4.69) is 5.32 Å². The van der Waals surface area contributed by atoms with Gasteiger partial charge in [-0.15, -0.1) is 0 Å². The van der Waals surface area contributed by atoms with Crippen LogP contribution in [0.5, 0.6) is 5.75 Å². The lowest BCUT2D eigenvalue weighted by atomic mass is 10.2. The minimum atomic E-state index is -0.614. The summed E-state index contributed by atoms with van der Waals surface area (Å²) in [6.07, 6.45) is 1.55. The van der Waals surface area contributed by atoms with E-state index in [9.17, 15) is 23.2 Å². The second kappa shape index (κ2) is 10.3. The molecule has 0 unspecified atom stereocenters. The summed E-state index contributed by atoms with van der Waals surface area (Å²) < 4.78 is 31.9.